The third-order valence-corrected chi connectivity index (χ3v) is 4.06. The van der Waals surface area contributed by atoms with E-state index < -0.39 is 11.7 Å². The monoisotopic (exact) mass is 316 g/mol. The number of hydrogen-bond acceptors (Lipinski definition) is 3. The molecule has 0 amide bonds. The van der Waals surface area contributed by atoms with Crippen LogP contribution < -0.4 is 10.2 Å². The van der Waals surface area contributed by atoms with E-state index in [1.54, 1.807) is 12.1 Å². The lowest BCUT2D eigenvalue weighted by atomic mass is 10.1. The van der Waals surface area contributed by atoms with Crippen LogP contribution in [0.5, 0.6) is 0 Å². The summed E-state index contributed by atoms with van der Waals surface area (Å²) in [6.45, 7) is 3.94. The molecule has 0 radical (unpaired) electrons. The number of halogens is 3. The number of nitrogens with one attached hydrogen (secondary N) is 1. The molecule has 3 nitrogen and oxygen atoms in total. The first-order valence-corrected chi connectivity index (χ1v) is 7.69. The third-order valence-electron chi connectivity index (χ3n) is 4.06. The summed E-state index contributed by atoms with van der Waals surface area (Å²) >= 11 is 0. The van der Waals surface area contributed by atoms with Crippen LogP contribution >= 0.6 is 0 Å². The predicted octanol–water partition coefficient (Wildman–Crippen LogP) is 3.03. The van der Waals surface area contributed by atoms with Crippen molar-refractivity contribution >= 4 is 5.69 Å². The maximum absolute atomic E-state index is 12.6. The first-order chi connectivity index (χ1) is 10.4. The van der Waals surface area contributed by atoms with Crippen molar-refractivity contribution in [2.45, 2.75) is 44.4 Å². The third kappa shape index (κ3) is 4.61. The number of aliphatic hydroxyl groups excluding tert-OH is 1. The van der Waals surface area contributed by atoms with Gasteiger partial charge in [0.05, 0.1) is 5.56 Å². The van der Waals surface area contributed by atoms with Crippen LogP contribution in [-0.4, -0.2) is 36.9 Å². The van der Waals surface area contributed by atoms with Gasteiger partial charge in [-0.3, -0.25) is 0 Å². The maximum Gasteiger partial charge on any atom is 0.416 e. The van der Waals surface area contributed by atoms with Crippen molar-refractivity contribution in [3.8, 4) is 0 Å². The van der Waals surface area contributed by atoms with E-state index in [2.05, 4.69) is 17.1 Å². The lowest BCUT2D eigenvalue weighted by Crippen LogP contribution is -2.38. The molecule has 0 unspecified atom stereocenters. The highest BCUT2D eigenvalue weighted by atomic mass is 19.4. The topological polar surface area (TPSA) is 35.5 Å². The Morgan fingerprint density at radius 2 is 2.00 bits per heavy atom. The summed E-state index contributed by atoms with van der Waals surface area (Å²) in [7, 11) is 0. The van der Waals surface area contributed by atoms with Gasteiger partial charge in [-0.15, -0.1) is 0 Å². The van der Waals surface area contributed by atoms with Crippen molar-refractivity contribution in [1.82, 2.24) is 5.32 Å². The van der Waals surface area contributed by atoms with Gasteiger partial charge in [0.15, 0.2) is 0 Å². The first kappa shape index (κ1) is 17.1. The largest absolute Gasteiger partial charge is 0.416 e. The predicted molar refractivity (Wildman–Crippen MR) is 81.0 cm³/mol. The van der Waals surface area contributed by atoms with Gasteiger partial charge < -0.3 is 15.3 Å². The molecule has 6 heteroatoms. The van der Waals surface area contributed by atoms with Crippen molar-refractivity contribution in [3.63, 3.8) is 0 Å². The molecule has 22 heavy (non-hydrogen) atoms. The van der Waals surface area contributed by atoms with Gasteiger partial charge in [-0.05, 0) is 50.5 Å². The minimum atomic E-state index is -4.28. The second-order valence-electron chi connectivity index (χ2n) is 5.91. The molecule has 1 aliphatic rings. The standard InChI is InChI=1S/C16H23F3N2O/c1-12(3-2-10-22)20-14-8-9-21(11-14)15-6-4-13(5-7-15)16(17,18)19/h4-7,12,14,20,22H,2-3,8-11H2,1H3/t12-,14-/m1/s1. The van der Waals surface area contributed by atoms with Gasteiger partial charge in [0.25, 0.3) is 0 Å². The minimum absolute atomic E-state index is 0.203. The van der Waals surface area contributed by atoms with Gasteiger partial charge in [0, 0.05) is 37.5 Å². The number of anilines is 1. The zero-order chi connectivity index (χ0) is 16.2. The van der Waals surface area contributed by atoms with Gasteiger partial charge >= 0.3 is 6.18 Å². The van der Waals surface area contributed by atoms with E-state index in [-0.39, 0.29) is 6.61 Å². The molecule has 2 rings (SSSR count). The van der Waals surface area contributed by atoms with Crippen LogP contribution in [0.2, 0.25) is 0 Å². The molecule has 0 spiro atoms. The lowest BCUT2D eigenvalue weighted by Gasteiger charge is -2.22. The van der Waals surface area contributed by atoms with Crippen molar-refractivity contribution in [2.75, 3.05) is 24.6 Å². The van der Waals surface area contributed by atoms with Crippen molar-refractivity contribution in [1.29, 1.82) is 0 Å². The molecule has 1 fully saturated rings. The molecule has 1 aromatic rings. The summed E-state index contributed by atoms with van der Waals surface area (Å²) in [5.74, 6) is 0. The van der Waals surface area contributed by atoms with Crippen molar-refractivity contribution in [3.05, 3.63) is 29.8 Å². The van der Waals surface area contributed by atoms with Crippen LogP contribution in [0.15, 0.2) is 24.3 Å². The van der Waals surface area contributed by atoms with Crippen molar-refractivity contribution < 1.29 is 18.3 Å². The van der Waals surface area contributed by atoms with Crippen LogP contribution in [0.1, 0.15) is 31.7 Å². The highest BCUT2D eigenvalue weighted by Crippen LogP contribution is 2.31. The Morgan fingerprint density at radius 3 is 2.59 bits per heavy atom. The van der Waals surface area contributed by atoms with E-state index in [0.717, 1.165) is 50.2 Å². The zero-order valence-corrected chi connectivity index (χ0v) is 12.7. The summed E-state index contributed by atoms with van der Waals surface area (Å²) in [6, 6.07) is 6.04. The average molecular weight is 316 g/mol. The Morgan fingerprint density at radius 1 is 1.32 bits per heavy atom. The molecular formula is C16H23F3N2O. The van der Waals surface area contributed by atoms with Gasteiger partial charge in [-0.25, -0.2) is 0 Å². The summed E-state index contributed by atoms with van der Waals surface area (Å²) < 4.78 is 37.7. The molecule has 1 heterocycles. The molecule has 1 aromatic carbocycles. The number of aliphatic hydroxyl groups is 1. The SMILES string of the molecule is C[C@H](CCCO)N[C@@H]1CCN(c2ccc(C(F)(F)F)cc2)C1. The Kier molecular flexibility index (Phi) is 5.69. The Hall–Kier alpha value is -1.27. The van der Waals surface area contributed by atoms with E-state index in [9.17, 15) is 13.2 Å². The quantitative estimate of drug-likeness (QED) is 0.847. The van der Waals surface area contributed by atoms with Gasteiger partial charge in [-0.1, -0.05) is 0 Å². The second-order valence-corrected chi connectivity index (χ2v) is 5.91. The number of nitrogens with zero attached hydrogens (tertiary/aromatic N) is 1. The second kappa shape index (κ2) is 7.33. The van der Waals surface area contributed by atoms with E-state index in [4.69, 9.17) is 5.11 Å². The Balaban J connectivity index is 1.87. The molecule has 0 aliphatic carbocycles. The number of alkyl halides is 3. The van der Waals surface area contributed by atoms with Crippen LogP contribution in [-0.2, 0) is 6.18 Å². The van der Waals surface area contributed by atoms with E-state index in [0.29, 0.717) is 12.1 Å². The molecule has 2 N–H and O–H groups in total. The summed E-state index contributed by atoms with van der Waals surface area (Å²) in [5.41, 5.74) is 0.225. The number of rotatable bonds is 6. The van der Waals surface area contributed by atoms with Crippen molar-refractivity contribution in [2.24, 2.45) is 0 Å². The van der Waals surface area contributed by atoms with Crippen LogP contribution in [0, 0.1) is 0 Å². The minimum Gasteiger partial charge on any atom is -0.396 e. The van der Waals surface area contributed by atoms with Crippen LogP contribution in [0.3, 0.4) is 0 Å². The van der Waals surface area contributed by atoms with Crippen LogP contribution in [0.4, 0.5) is 18.9 Å². The summed E-state index contributed by atoms with van der Waals surface area (Å²) in [6.07, 6.45) is -1.60. The highest BCUT2D eigenvalue weighted by Gasteiger charge is 2.30. The Bertz CT molecular complexity index is 461. The fourth-order valence-corrected chi connectivity index (χ4v) is 2.88. The number of hydrogen-bond donors (Lipinski definition) is 2. The Labute approximate surface area is 129 Å². The fraction of sp³-hybridized carbons (Fsp3) is 0.625. The zero-order valence-electron chi connectivity index (χ0n) is 12.7. The lowest BCUT2D eigenvalue weighted by molar-refractivity contribution is -0.137. The molecule has 1 saturated heterocycles. The van der Waals surface area contributed by atoms with Crippen LogP contribution in [0.25, 0.3) is 0 Å². The molecule has 2 atom stereocenters. The molecule has 0 bridgehead atoms. The first-order valence-electron chi connectivity index (χ1n) is 7.69. The highest BCUT2D eigenvalue weighted by molar-refractivity contribution is 5.49. The van der Waals surface area contributed by atoms with E-state index in [1.807, 2.05) is 0 Å². The smallest absolute Gasteiger partial charge is 0.396 e. The molecule has 1 aliphatic heterocycles. The fourth-order valence-electron chi connectivity index (χ4n) is 2.88. The maximum atomic E-state index is 12.6. The van der Waals surface area contributed by atoms with E-state index >= 15 is 0 Å². The van der Waals surface area contributed by atoms with Gasteiger partial charge in [0.1, 0.15) is 0 Å². The molecule has 0 aromatic heterocycles. The molecule has 124 valence electrons. The van der Waals surface area contributed by atoms with Gasteiger partial charge in [0.2, 0.25) is 0 Å². The summed E-state index contributed by atoms with van der Waals surface area (Å²) in [4.78, 5) is 2.11. The van der Waals surface area contributed by atoms with E-state index in [1.165, 1.54) is 0 Å². The summed E-state index contributed by atoms with van der Waals surface area (Å²) in [5, 5.41) is 12.3. The van der Waals surface area contributed by atoms with Gasteiger partial charge in [-0.2, -0.15) is 13.2 Å². The normalized spacial score (nSPS) is 20.4. The molecular weight excluding hydrogens is 293 g/mol. The number of benzene rings is 1. The average Bonchev–Trinajstić information content (AvgIpc) is 2.93. The molecule has 0 saturated carbocycles.